The number of ether oxygens (including phenoxy) is 1. The van der Waals surface area contributed by atoms with E-state index in [0.29, 0.717) is 16.3 Å². The summed E-state index contributed by atoms with van der Waals surface area (Å²) in [5, 5.41) is 1.22. The SMILES string of the molecule is COc1ccc2[nH]c(=O)cc(Cl)c2c1. The van der Waals surface area contributed by atoms with E-state index in [-0.39, 0.29) is 5.56 Å². The van der Waals surface area contributed by atoms with E-state index >= 15 is 0 Å². The van der Waals surface area contributed by atoms with Crippen molar-refractivity contribution in [1.29, 1.82) is 0 Å². The zero-order valence-electron chi connectivity index (χ0n) is 7.50. The standard InChI is InChI=1S/C10H8ClNO2/c1-14-6-2-3-9-7(4-6)8(11)5-10(13)12-9/h2-5H,1H3,(H,12,13). The summed E-state index contributed by atoms with van der Waals surface area (Å²) in [6.07, 6.45) is 0. The van der Waals surface area contributed by atoms with Crippen LogP contribution in [-0.4, -0.2) is 12.1 Å². The van der Waals surface area contributed by atoms with Gasteiger partial charge >= 0.3 is 0 Å². The summed E-state index contributed by atoms with van der Waals surface area (Å²) >= 11 is 5.92. The van der Waals surface area contributed by atoms with E-state index in [0.717, 1.165) is 5.39 Å². The lowest BCUT2D eigenvalue weighted by Crippen LogP contribution is -2.03. The zero-order chi connectivity index (χ0) is 10.1. The minimum atomic E-state index is -0.201. The van der Waals surface area contributed by atoms with Crippen molar-refractivity contribution in [1.82, 2.24) is 4.98 Å². The molecule has 0 aliphatic heterocycles. The van der Waals surface area contributed by atoms with Crippen LogP contribution in [0.4, 0.5) is 0 Å². The molecule has 0 fully saturated rings. The molecular formula is C10H8ClNO2. The van der Waals surface area contributed by atoms with Crippen LogP contribution in [-0.2, 0) is 0 Å². The van der Waals surface area contributed by atoms with Crippen molar-refractivity contribution in [3.8, 4) is 5.75 Å². The quantitative estimate of drug-likeness (QED) is 0.782. The highest BCUT2D eigenvalue weighted by molar-refractivity contribution is 6.35. The maximum atomic E-state index is 11.1. The Kier molecular flexibility index (Phi) is 2.17. The first-order valence-corrected chi connectivity index (χ1v) is 4.45. The number of fused-ring (bicyclic) bond motifs is 1. The molecule has 0 radical (unpaired) electrons. The number of halogens is 1. The molecule has 2 aromatic rings. The van der Waals surface area contributed by atoms with Crippen LogP contribution in [0.15, 0.2) is 29.1 Å². The number of H-pyrrole nitrogens is 1. The lowest BCUT2D eigenvalue weighted by Gasteiger charge is -2.03. The number of hydrogen-bond donors (Lipinski definition) is 1. The number of aromatic amines is 1. The average Bonchev–Trinajstić information content (AvgIpc) is 2.17. The van der Waals surface area contributed by atoms with Gasteiger partial charge in [0.1, 0.15) is 5.75 Å². The lowest BCUT2D eigenvalue weighted by atomic mass is 10.2. The zero-order valence-corrected chi connectivity index (χ0v) is 8.26. The third kappa shape index (κ3) is 1.46. The molecule has 0 aliphatic carbocycles. The number of benzene rings is 1. The van der Waals surface area contributed by atoms with Crippen LogP contribution < -0.4 is 10.3 Å². The Morgan fingerprint density at radius 2 is 2.14 bits per heavy atom. The van der Waals surface area contributed by atoms with Crippen LogP contribution in [0.2, 0.25) is 5.02 Å². The number of rotatable bonds is 1. The highest BCUT2D eigenvalue weighted by atomic mass is 35.5. The summed E-state index contributed by atoms with van der Waals surface area (Å²) in [5.41, 5.74) is 0.510. The molecule has 0 saturated carbocycles. The van der Waals surface area contributed by atoms with Crippen molar-refractivity contribution in [2.24, 2.45) is 0 Å². The second kappa shape index (κ2) is 3.35. The predicted octanol–water partition coefficient (Wildman–Crippen LogP) is 2.19. The fourth-order valence-electron chi connectivity index (χ4n) is 1.32. The maximum absolute atomic E-state index is 11.1. The van der Waals surface area contributed by atoms with Gasteiger partial charge in [0.15, 0.2) is 0 Å². The smallest absolute Gasteiger partial charge is 0.249 e. The van der Waals surface area contributed by atoms with Crippen LogP contribution in [0, 0.1) is 0 Å². The second-order valence-electron chi connectivity index (χ2n) is 2.89. The van der Waals surface area contributed by atoms with E-state index in [9.17, 15) is 4.79 Å². The molecule has 0 aliphatic rings. The molecule has 0 unspecified atom stereocenters. The van der Waals surface area contributed by atoms with Gasteiger partial charge < -0.3 is 9.72 Å². The van der Waals surface area contributed by atoms with E-state index in [1.54, 1.807) is 25.3 Å². The Bertz CT molecular complexity index is 533. The third-order valence-corrected chi connectivity index (χ3v) is 2.31. The van der Waals surface area contributed by atoms with Gasteiger partial charge in [-0.05, 0) is 18.2 Å². The first-order valence-electron chi connectivity index (χ1n) is 4.07. The largest absolute Gasteiger partial charge is 0.497 e. The minimum absolute atomic E-state index is 0.201. The third-order valence-electron chi connectivity index (χ3n) is 2.00. The monoisotopic (exact) mass is 209 g/mol. The molecule has 1 heterocycles. The summed E-state index contributed by atoms with van der Waals surface area (Å²) < 4.78 is 5.06. The van der Waals surface area contributed by atoms with Gasteiger partial charge in [-0.2, -0.15) is 0 Å². The van der Waals surface area contributed by atoms with E-state index in [1.807, 2.05) is 0 Å². The van der Waals surface area contributed by atoms with Crippen molar-refractivity contribution in [2.45, 2.75) is 0 Å². The molecule has 14 heavy (non-hydrogen) atoms. The van der Waals surface area contributed by atoms with Gasteiger partial charge in [-0.3, -0.25) is 4.79 Å². The molecule has 1 aromatic heterocycles. The summed E-state index contributed by atoms with van der Waals surface area (Å²) in [5.74, 6) is 0.714. The fourth-order valence-corrected chi connectivity index (χ4v) is 1.57. The molecule has 0 spiro atoms. The van der Waals surface area contributed by atoms with Gasteiger partial charge in [0, 0.05) is 11.5 Å². The Hall–Kier alpha value is -1.48. The number of nitrogens with one attached hydrogen (secondary N) is 1. The van der Waals surface area contributed by atoms with Gasteiger partial charge in [-0.25, -0.2) is 0 Å². The lowest BCUT2D eigenvalue weighted by molar-refractivity contribution is 0.415. The van der Waals surface area contributed by atoms with Crippen LogP contribution in [0.5, 0.6) is 5.75 Å². The summed E-state index contributed by atoms with van der Waals surface area (Å²) in [4.78, 5) is 13.8. The molecule has 2 rings (SSSR count). The first-order chi connectivity index (χ1) is 6.70. The fraction of sp³-hybridized carbons (Fsp3) is 0.100. The van der Waals surface area contributed by atoms with Crippen molar-refractivity contribution in [3.63, 3.8) is 0 Å². The summed E-state index contributed by atoms with van der Waals surface area (Å²) in [7, 11) is 1.58. The maximum Gasteiger partial charge on any atom is 0.249 e. The van der Waals surface area contributed by atoms with Crippen molar-refractivity contribution in [2.75, 3.05) is 7.11 Å². The van der Waals surface area contributed by atoms with Crippen LogP contribution in [0.25, 0.3) is 10.9 Å². The van der Waals surface area contributed by atoms with Gasteiger partial charge in [0.2, 0.25) is 5.56 Å². The van der Waals surface area contributed by atoms with Crippen LogP contribution >= 0.6 is 11.6 Å². The minimum Gasteiger partial charge on any atom is -0.497 e. The topological polar surface area (TPSA) is 42.1 Å². The molecule has 0 saturated heterocycles. The molecule has 0 bridgehead atoms. The first kappa shape index (κ1) is 9.09. The Morgan fingerprint density at radius 1 is 1.36 bits per heavy atom. The number of pyridine rings is 1. The Labute approximate surface area is 85.3 Å². The molecule has 0 amide bonds. The molecular weight excluding hydrogens is 202 g/mol. The molecule has 4 heteroatoms. The average molecular weight is 210 g/mol. The van der Waals surface area contributed by atoms with E-state index in [2.05, 4.69) is 4.98 Å². The normalized spacial score (nSPS) is 10.4. The number of aromatic nitrogens is 1. The predicted molar refractivity (Wildman–Crippen MR) is 56.1 cm³/mol. The second-order valence-corrected chi connectivity index (χ2v) is 3.30. The highest BCUT2D eigenvalue weighted by Gasteiger charge is 2.02. The highest BCUT2D eigenvalue weighted by Crippen LogP contribution is 2.24. The van der Waals surface area contributed by atoms with E-state index < -0.39 is 0 Å². The Balaban J connectivity index is 2.82. The molecule has 1 aromatic carbocycles. The molecule has 1 N–H and O–H groups in total. The summed E-state index contributed by atoms with van der Waals surface area (Å²) in [6, 6.07) is 6.67. The molecule has 3 nitrogen and oxygen atoms in total. The van der Waals surface area contributed by atoms with Crippen molar-refractivity contribution < 1.29 is 4.74 Å². The van der Waals surface area contributed by atoms with E-state index in [1.165, 1.54) is 6.07 Å². The van der Waals surface area contributed by atoms with Crippen molar-refractivity contribution >= 4 is 22.5 Å². The Morgan fingerprint density at radius 3 is 2.86 bits per heavy atom. The summed E-state index contributed by atoms with van der Waals surface area (Å²) in [6.45, 7) is 0. The van der Waals surface area contributed by atoms with Gasteiger partial charge in [-0.15, -0.1) is 0 Å². The van der Waals surface area contributed by atoms with E-state index in [4.69, 9.17) is 16.3 Å². The van der Waals surface area contributed by atoms with Crippen LogP contribution in [0.3, 0.4) is 0 Å². The van der Waals surface area contributed by atoms with Crippen LogP contribution in [0.1, 0.15) is 0 Å². The van der Waals surface area contributed by atoms with Crippen molar-refractivity contribution in [3.05, 3.63) is 39.6 Å². The van der Waals surface area contributed by atoms with Gasteiger partial charge in [0.05, 0.1) is 17.6 Å². The molecule has 72 valence electrons. The molecule has 0 atom stereocenters. The number of hydrogen-bond acceptors (Lipinski definition) is 2. The van der Waals surface area contributed by atoms with Gasteiger partial charge in [0.25, 0.3) is 0 Å². The number of methoxy groups -OCH3 is 1. The van der Waals surface area contributed by atoms with Gasteiger partial charge in [-0.1, -0.05) is 11.6 Å².